The van der Waals surface area contributed by atoms with Gasteiger partial charge in [-0.25, -0.2) is 0 Å². The third kappa shape index (κ3) is 3.74. The molecule has 3 rings (SSSR count). The lowest BCUT2D eigenvalue weighted by atomic mass is 10.2. The normalized spacial score (nSPS) is 15.8. The SMILES string of the molecule is Cc1ccccc1OCCNC(=O)C1COc2ccccc2O1. The van der Waals surface area contributed by atoms with Gasteiger partial charge in [-0.05, 0) is 30.7 Å². The number of carbonyl (C=O) groups excluding carboxylic acids is 1. The number of amides is 1. The summed E-state index contributed by atoms with van der Waals surface area (Å²) in [5.74, 6) is 1.88. The van der Waals surface area contributed by atoms with Crippen molar-refractivity contribution in [3.63, 3.8) is 0 Å². The molecule has 0 aliphatic carbocycles. The molecule has 0 fully saturated rings. The lowest BCUT2D eigenvalue weighted by molar-refractivity contribution is -0.130. The van der Waals surface area contributed by atoms with E-state index in [0.29, 0.717) is 24.7 Å². The van der Waals surface area contributed by atoms with Crippen LogP contribution in [0, 0.1) is 6.92 Å². The molecule has 0 spiro atoms. The van der Waals surface area contributed by atoms with E-state index in [1.54, 1.807) is 6.07 Å². The van der Waals surface area contributed by atoms with Crippen molar-refractivity contribution in [1.82, 2.24) is 5.32 Å². The maximum Gasteiger partial charge on any atom is 0.264 e. The summed E-state index contributed by atoms with van der Waals surface area (Å²) in [6, 6.07) is 15.1. The monoisotopic (exact) mass is 313 g/mol. The molecule has 1 aliphatic heterocycles. The highest BCUT2D eigenvalue weighted by atomic mass is 16.6. The predicted octanol–water partition coefficient (Wildman–Crippen LogP) is 2.33. The highest BCUT2D eigenvalue weighted by Crippen LogP contribution is 2.30. The van der Waals surface area contributed by atoms with Crippen LogP contribution in [-0.2, 0) is 4.79 Å². The van der Waals surface area contributed by atoms with Crippen molar-refractivity contribution in [2.75, 3.05) is 19.8 Å². The van der Waals surface area contributed by atoms with E-state index >= 15 is 0 Å². The average Bonchev–Trinajstić information content (AvgIpc) is 2.59. The van der Waals surface area contributed by atoms with E-state index in [0.717, 1.165) is 11.3 Å². The van der Waals surface area contributed by atoms with Gasteiger partial charge in [0.1, 0.15) is 19.0 Å². The Bertz CT molecular complexity index is 686. The molecule has 0 aromatic heterocycles. The zero-order chi connectivity index (χ0) is 16.1. The zero-order valence-corrected chi connectivity index (χ0v) is 13.0. The van der Waals surface area contributed by atoms with Crippen LogP contribution in [0.15, 0.2) is 48.5 Å². The van der Waals surface area contributed by atoms with Gasteiger partial charge in [0.05, 0.1) is 6.54 Å². The topological polar surface area (TPSA) is 56.8 Å². The van der Waals surface area contributed by atoms with Gasteiger partial charge in [0, 0.05) is 0 Å². The van der Waals surface area contributed by atoms with Crippen molar-refractivity contribution < 1.29 is 19.0 Å². The molecular formula is C18H19NO4. The quantitative estimate of drug-likeness (QED) is 0.861. The van der Waals surface area contributed by atoms with Gasteiger partial charge >= 0.3 is 0 Å². The van der Waals surface area contributed by atoms with E-state index in [2.05, 4.69) is 5.32 Å². The average molecular weight is 313 g/mol. The first-order valence-corrected chi connectivity index (χ1v) is 7.58. The van der Waals surface area contributed by atoms with Gasteiger partial charge in [0.15, 0.2) is 11.5 Å². The lowest BCUT2D eigenvalue weighted by Gasteiger charge is -2.25. The molecule has 1 N–H and O–H groups in total. The first kappa shape index (κ1) is 15.2. The van der Waals surface area contributed by atoms with Crippen LogP contribution in [0.2, 0.25) is 0 Å². The number of hydrogen-bond acceptors (Lipinski definition) is 4. The lowest BCUT2D eigenvalue weighted by Crippen LogP contribution is -2.45. The molecule has 0 saturated heterocycles. The van der Waals surface area contributed by atoms with Crippen molar-refractivity contribution in [3.8, 4) is 17.2 Å². The Balaban J connectivity index is 1.45. The summed E-state index contributed by atoms with van der Waals surface area (Å²) in [5, 5.41) is 2.80. The maximum absolute atomic E-state index is 12.1. The second-order valence-corrected chi connectivity index (χ2v) is 5.27. The van der Waals surface area contributed by atoms with E-state index in [1.165, 1.54) is 0 Å². The highest BCUT2D eigenvalue weighted by Gasteiger charge is 2.26. The molecule has 0 saturated carbocycles. The van der Waals surface area contributed by atoms with Gasteiger partial charge in [-0.2, -0.15) is 0 Å². The van der Waals surface area contributed by atoms with Gasteiger partial charge < -0.3 is 19.5 Å². The fraction of sp³-hybridized carbons (Fsp3) is 0.278. The number of rotatable bonds is 5. The third-order valence-electron chi connectivity index (χ3n) is 3.55. The summed E-state index contributed by atoms with van der Waals surface area (Å²) < 4.78 is 16.8. The number of aryl methyl sites for hydroxylation is 1. The number of fused-ring (bicyclic) bond motifs is 1. The molecule has 5 heteroatoms. The van der Waals surface area contributed by atoms with E-state index in [-0.39, 0.29) is 12.5 Å². The first-order valence-electron chi connectivity index (χ1n) is 7.58. The molecule has 0 bridgehead atoms. The van der Waals surface area contributed by atoms with Crippen LogP contribution in [0.4, 0.5) is 0 Å². The molecule has 1 atom stereocenters. The molecule has 23 heavy (non-hydrogen) atoms. The number of carbonyl (C=O) groups is 1. The smallest absolute Gasteiger partial charge is 0.264 e. The van der Waals surface area contributed by atoms with Crippen molar-refractivity contribution in [3.05, 3.63) is 54.1 Å². The molecule has 1 unspecified atom stereocenters. The Hall–Kier alpha value is -2.69. The summed E-state index contributed by atoms with van der Waals surface area (Å²) in [7, 11) is 0. The zero-order valence-electron chi connectivity index (χ0n) is 13.0. The van der Waals surface area contributed by atoms with Gasteiger partial charge in [-0.15, -0.1) is 0 Å². The first-order chi connectivity index (χ1) is 11.2. The van der Waals surface area contributed by atoms with E-state index in [1.807, 2.05) is 49.4 Å². The number of benzene rings is 2. The largest absolute Gasteiger partial charge is 0.491 e. The summed E-state index contributed by atoms with van der Waals surface area (Å²) in [6.45, 7) is 3.01. The van der Waals surface area contributed by atoms with Crippen LogP contribution in [0.3, 0.4) is 0 Å². The van der Waals surface area contributed by atoms with E-state index in [4.69, 9.17) is 14.2 Å². The third-order valence-corrected chi connectivity index (χ3v) is 3.55. The molecule has 1 aliphatic rings. The Kier molecular flexibility index (Phi) is 4.66. The second kappa shape index (κ2) is 7.05. The van der Waals surface area contributed by atoms with Gasteiger partial charge in [-0.1, -0.05) is 30.3 Å². The van der Waals surface area contributed by atoms with E-state index < -0.39 is 6.10 Å². The van der Waals surface area contributed by atoms with Crippen molar-refractivity contribution in [1.29, 1.82) is 0 Å². The van der Waals surface area contributed by atoms with Gasteiger partial charge in [0.2, 0.25) is 6.10 Å². The fourth-order valence-electron chi connectivity index (χ4n) is 2.32. The molecular weight excluding hydrogens is 294 g/mol. The summed E-state index contributed by atoms with van der Waals surface area (Å²) in [4.78, 5) is 12.1. The van der Waals surface area contributed by atoms with Crippen molar-refractivity contribution in [2.24, 2.45) is 0 Å². The Morgan fingerprint density at radius 2 is 1.91 bits per heavy atom. The molecule has 5 nitrogen and oxygen atoms in total. The van der Waals surface area contributed by atoms with Crippen LogP contribution in [0.1, 0.15) is 5.56 Å². The van der Waals surface area contributed by atoms with Crippen LogP contribution in [0.5, 0.6) is 17.2 Å². The fourth-order valence-corrected chi connectivity index (χ4v) is 2.32. The molecule has 1 amide bonds. The minimum atomic E-state index is -0.636. The maximum atomic E-state index is 12.1. The van der Waals surface area contributed by atoms with Gasteiger partial charge in [-0.3, -0.25) is 4.79 Å². The summed E-state index contributed by atoms with van der Waals surface area (Å²) in [6.07, 6.45) is -0.636. The molecule has 1 heterocycles. The number of nitrogens with one attached hydrogen (secondary N) is 1. The standard InChI is InChI=1S/C18H19NO4/c1-13-6-2-3-7-14(13)21-11-10-19-18(20)17-12-22-15-8-4-5-9-16(15)23-17/h2-9,17H,10-12H2,1H3,(H,19,20). The summed E-state index contributed by atoms with van der Waals surface area (Å²) in [5.41, 5.74) is 1.07. The minimum absolute atomic E-state index is 0.201. The summed E-state index contributed by atoms with van der Waals surface area (Å²) >= 11 is 0. The predicted molar refractivity (Wildman–Crippen MR) is 86.0 cm³/mol. The number of hydrogen-bond donors (Lipinski definition) is 1. The molecule has 0 radical (unpaired) electrons. The van der Waals surface area contributed by atoms with Crippen molar-refractivity contribution in [2.45, 2.75) is 13.0 Å². The minimum Gasteiger partial charge on any atom is -0.491 e. The molecule has 2 aromatic carbocycles. The molecule has 120 valence electrons. The Labute approximate surface area is 135 Å². The highest BCUT2D eigenvalue weighted by molar-refractivity contribution is 5.81. The Morgan fingerprint density at radius 1 is 1.17 bits per heavy atom. The van der Waals surface area contributed by atoms with Crippen LogP contribution in [-0.4, -0.2) is 31.8 Å². The number of ether oxygens (including phenoxy) is 3. The van der Waals surface area contributed by atoms with Crippen molar-refractivity contribution >= 4 is 5.91 Å². The van der Waals surface area contributed by atoms with Crippen LogP contribution in [0.25, 0.3) is 0 Å². The number of para-hydroxylation sites is 3. The van der Waals surface area contributed by atoms with Gasteiger partial charge in [0.25, 0.3) is 5.91 Å². The molecule has 2 aromatic rings. The Morgan fingerprint density at radius 3 is 2.74 bits per heavy atom. The van der Waals surface area contributed by atoms with Crippen LogP contribution < -0.4 is 19.5 Å². The van der Waals surface area contributed by atoms with Crippen LogP contribution >= 0.6 is 0 Å². The van der Waals surface area contributed by atoms with E-state index in [9.17, 15) is 4.79 Å². The second-order valence-electron chi connectivity index (χ2n) is 5.27.